The van der Waals surface area contributed by atoms with Crippen LogP contribution in [-0.2, 0) is 26.2 Å². The van der Waals surface area contributed by atoms with E-state index in [9.17, 15) is 30.0 Å². The molecule has 166 valence electrons. The van der Waals surface area contributed by atoms with Crippen molar-refractivity contribution in [1.29, 1.82) is 0 Å². The highest BCUT2D eigenvalue weighted by atomic mass is 32.2. The van der Waals surface area contributed by atoms with Crippen LogP contribution in [0.25, 0.3) is 5.69 Å². The van der Waals surface area contributed by atoms with Crippen molar-refractivity contribution in [3.05, 3.63) is 66.5 Å². The molecule has 0 aliphatic carbocycles. The van der Waals surface area contributed by atoms with Gasteiger partial charge < -0.3 is 0 Å². The number of halogens is 3. The Bertz CT molecular complexity index is 1300. The summed E-state index contributed by atoms with van der Waals surface area (Å²) in [5.41, 5.74) is -1.39. The van der Waals surface area contributed by atoms with Crippen LogP contribution in [-0.4, -0.2) is 45.0 Å². The van der Waals surface area contributed by atoms with Gasteiger partial charge in [0, 0.05) is 26.5 Å². The van der Waals surface area contributed by atoms with Crippen LogP contribution in [0.3, 0.4) is 0 Å². The third-order valence-corrected chi connectivity index (χ3v) is 7.39. The van der Waals surface area contributed by atoms with Crippen molar-refractivity contribution < 1.29 is 30.0 Å². The first-order valence-electron chi connectivity index (χ1n) is 8.59. The molecule has 3 rings (SSSR count). The highest BCUT2D eigenvalue weighted by Gasteiger charge is 2.32. The Hall–Kier alpha value is -2.90. The first kappa shape index (κ1) is 22.8. The minimum absolute atomic E-state index is 0.0543. The molecule has 1 heterocycles. The number of hydrogen-bond acceptors (Lipinski definition) is 5. The molecule has 1 aromatic heterocycles. The molecule has 0 aliphatic rings. The summed E-state index contributed by atoms with van der Waals surface area (Å²) in [5.74, 6) is 0. The smallest absolute Gasteiger partial charge is 0.277 e. The van der Waals surface area contributed by atoms with E-state index in [2.05, 4.69) is 9.82 Å². The number of aromatic nitrogens is 2. The molecule has 0 aliphatic heterocycles. The van der Waals surface area contributed by atoms with Gasteiger partial charge in [0.05, 0.1) is 26.7 Å². The molecule has 0 fully saturated rings. The van der Waals surface area contributed by atoms with E-state index in [1.54, 1.807) is 0 Å². The van der Waals surface area contributed by atoms with Crippen molar-refractivity contribution >= 4 is 25.7 Å². The maximum atomic E-state index is 13.2. The maximum Gasteiger partial charge on any atom is 0.416 e. The van der Waals surface area contributed by atoms with Crippen LogP contribution in [0.2, 0.25) is 0 Å². The van der Waals surface area contributed by atoms with Gasteiger partial charge in [-0.1, -0.05) is 6.07 Å². The van der Waals surface area contributed by atoms with Gasteiger partial charge in [-0.15, -0.1) is 0 Å². The third-order valence-electron chi connectivity index (χ3n) is 4.21. The molecule has 0 amide bonds. The lowest BCUT2D eigenvalue weighted by Gasteiger charge is -2.16. The number of nitrogens with one attached hydrogen (secondary N) is 1. The monoisotopic (exact) mass is 474 g/mol. The van der Waals surface area contributed by atoms with Crippen molar-refractivity contribution in [1.82, 2.24) is 14.1 Å². The van der Waals surface area contributed by atoms with Crippen molar-refractivity contribution in [2.24, 2.45) is 0 Å². The number of alkyl halides is 3. The van der Waals surface area contributed by atoms with Crippen molar-refractivity contribution in [3.63, 3.8) is 0 Å². The Kier molecular flexibility index (Phi) is 5.86. The minimum Gasteiger partial charge on any atom is -0.277 e. The van der Waals surface area contributed by atoms with Crippen LogP contribution in [0.5, 0.6) is 0 Å². The Morgan fingerprint density at radius 2 is 1.65 bits per heavy atom. The van der Waals surface area contributed by atoms with Gasteiger partial charge in [0.1, 0.15) is 0 Å². The Morgan fingerprint density at radius 3 is 2.23 bits per heavy atom. The van der Waals surface area contributed by atoms with E-state index in [1.165, 1.54) is 49.4 Å². The van der Waals surface area contributed by atoms with E-state index in [-0.39, 0.29) is 16.3 Å². The Labute approximate surface area is 177 Å². The van der Waals surface area contributed by atoms with Crippen LogP contribution in [0, 0.1) is 0 Å². The fourth-order valence-corrected chi connectivity index (χ4v) is 4.75. The molecule has 1 N–H and O–H groups in total. The van der Waals surface area contributed by atoms with Gasteiger partial charge in [0.25, 0.3) is 10.0 Å². The standard InChI is InChI=1S/C18H17F3N4O4S2/c1-24(2)31(28,29)15-6-3-5-14(12-15)30(26,27)23-16-11-13(18(19,20)21)7-8-17(16)25-10-4-9-22-25/h3-12,23H,1-2H3. The highest BCUT2D eigenvalue weighted by molar-refractivity contribution is 7.93. The summed E-state index contributed by atoms with van der Waals surface area (Å²) in [5, 5.41) is 3.92. The second-order valence-electron chi connectivity index (χ2n) is 6.55. The summed E-state index contributed by atoms with van der Waals surface area (Å²) >= 11 is 0. The number of anilines is 1. The number of sulfonamides is 2. The molecule has 0 saturated heterocycles. The zero-order chi connectivity index (χ0) is 23.0. The average Bonchev–Trinajstić information content (AvgIpc) is 3.21. The topological polar surface area (TPSA) is 101 Å². The van der Waals surface area contributed by atoms with Crippen LogP contribution in [0.4, 0.5) is 18.9 Å². The fourth-order valence-electron chi connectivity index (χ4n) is 2.62. The normalized spacial score (nSPS) is 12.8. The molecular formula is C18H17F3N4O4S2. The van der Waals surface area contributed by atoms with E-state index in [0.717, 1.165) is 28.6 Å². The second kappa shape index (κ2) is 7.98. The summed E-state index contributed by atoms with van der Waals surface area (Å²) in [7, 11) is -5.79. The van der Waals surface area contributed by atoms with E-state index in [1.807, 2.05) is 0 Å². The summed E-state index contributed by atoms with van der Waals surface area (Å²) in [6.45, 7) is 0. The first-order valence-corrected chi connectivity index (χ1v) is 11.5. The van der Waals surface area contributed by atoms with Gasteiger partial charge in [-0.2, -0.15) is 18.3 Å². The predicted molar refractivity (Wildman–Crippen MR) is 107 cm³/mol. The minimum atomic E-state index is -4.71. The van der Waals surface area contributed by atoms with Crippen LogP contribution in [0.1, 0.15) is 5.56 Å². The average molecular weight is 474 g/mol. The molecule has 0 atom stereocenters. The lowest BCUT2D eigenvalue weighted by Crippen LogP contribution is -2.23. The van der Waals surface area contributed by atoms with E-state index in [4.69, 9.17) is 0 Å². The van der Waals surface area contributed by atoms with Gasteiger partial charge in [-0.05, 0) is 42.5 Å². The van der Waals surface area contributed by atoms with Crippen molar-refractivity contribution in [2.45, 2.75) is 16.0 Å². The Balaban J connectivity index is 2.09. The lowest BCUT2D eigenvalue weighted by molar-refractivity contribution is -0.137. The highest BCUT2D eigenvalue weighted by Crippen LogP contribution is 2.34. The molecule has 0 unspecified atom stereocenters. The molecule has 3 aromatic rings. The van der Waals surface area contributed by atoms with E-state index < -0.39 is 36.7 Å². The molecule has 0 spiro atoms. The number of rotatable bonds is 6. The zero-order valence-corrected chi connectivity index (χ0v) is 17.8. The summed E-state index contributed by atoms with van der Waals surface area (Å²) < 4.78 is 94.2. The van der Waals surface area contributed by atoms with Gasteiger partial charge >= 0.3 is 6.18 Å². The molecule has 0 bridgehead atoms. The van der Waals surface area contributed by atoms with Crippen molar-refractivity contribution in [2.75, 3.05) is 18.8 Å². The Morgan fingerprint density at radius 1 is 0.968 bits per heavy atom. The second-order valence-corrected chi connectivity index (χ2v) is 10.4. The quantitative estimate of drug-likeness (QED) is 0.592. The number of benzene rings is 2. The molecule has 0 radical (unpaired) electrons. The summed E-state index contributed by atoms with van der Waals surface area (Å²) in [6.07, 6.45) is -1.89. The zero-order valence-electron chi connectivity index (χ0n) is 16.2. The molecule has 0 saturated carbocycles. The largest absolute Gasteiger partial charge is 0.416 e. The van der Waals surface area contributed by atoms with Gasteiger partial charge in [-0.25, -0.2) is 25.8 Å². The number of nitrogens with zero attached hydrogens (tertiary/aromatic N) is 3. The summed E-state index contributed by atoms with van der Waals surface area (Å²) in [6, 6.07) is 8.57. The van der Waals surface area contributed by atoms with E-state index >= 15 is 0 Å². The van der Waals surface area contributed by atoms with Gasteiger partial charge in [0.2, 0.25) is 10.0 Å². The molecule has 13 heteroatoms. The molecule has 31 heavy (non-hydrogen) atoms. The molecule has 2 aromatic carbocycles. The molecule has 8 nitrogen and oxygen atoms in total. The molecular weight excluding hydrogens is 457 g/mol. The van der Waals surface area contributed by atoms with Crippen LogP contribution in [0.15, 0.2) is 70.7 Å². The fraction of sp³-hybridized carbons (Fsp3) is 0.167. The van der Waals surface area contributed by atoms with Crippen molar-refractivity contribution in [3.8, 4) is 5.69 Å². The summed E-state index contributed by atoms with van der Waals surface area (Å²) in [4.78, 5) is -0.712. The van der Waals surface area contributed by atoms with Crippen LogP contribution >= 0.6 is 0 Å². The third kappa shape index (κ3) is 4.73. The van der Waals surface area contributed by atoms with Crippen LogP contribution < -0.4 is 4.72 Å². The number of hydrogen-bond donors (Lipinski definition) is 1. The lowest BCUT2D eigenvalue weighted by atomic mass is 10.1. The SMILES string of the molecule is CN(C)S(=O)(=O)c1cccc(S(=O)(=O)Nc2cc(C(F)(F)F)ccc2-n2cccn2)c1. The predicted octanol–water partition coefficient (Wildman–Crippen LogP) is 2.94. The van der Waals surface area contributed by atoms with Gasteiger partial charge in [0.15, 0.2) is 0 Å². The van der Waals surface area contributed by atoms with E-state index in [0.29, 0.717) is 6.07 Å². The maximum absolute atomic E-state index is 13.2. The van der Waals surface area contributed by atoms with Gasteiger partial charge in [-0.3, -0.25) is 4.72 Å². The first-order chi connectivity index (χ1) is 14.3.